The zero-order valence-corrected chi connectivity index (χ0v) is 19.8. The second kappa shape index (κ2) is 9.65. The van der Waals surface area contributed by atoms with Crippen molar-refractivity contribution in [3.8, 4) is 11.1 Å². The summed E-state index contributed by atoms with van der Waals surface area (Å²) in [5, 5.41) is 7.11. The number of carbonyl (C=O) groups is 1. The lowest BCUT2D eigenvalue weighted by atomic mass is 10.0. The number of nitrogens with one attached hydrogen (secondary N) is 1. The SMILES string of the molecule is Cc1ccc(-c2csc3ncnc(SCC(=O)NCC(C)(C)N4CCOCC4)c23)cc1. The van der Waals surface area contributed by atoms with E-state index < -0.39 is 0 Å². The Morgan fingerprint density at radius 1 is 1.23 bits per heavy atom. The third-order valence-corrected chi connectivity index (χ3v) is 7.50. The van der Waals surface area contributed by atoms with Crippen LogP contribution in [0, 0.1) is 6.92 Å². The van der Waals surface area contributed by atoms with Crippen molar-refractivity contribution in [1.82, 2.24) is 20.2 Å². The number of hydrogen-bond acceptors (Lipinski definition) is 7. The molecule has 164 valence electrons. The van der Waals surface area contributed by atoms with Gasteiger partial charge in [-0.1, -0.05) is 41.6 Å². The average Bonchev–Trinajstić information content (AvgIpc) is 3.22. The third-order valence-electron chi connectivity index (χ3n) is 5.62. The van der Waals surface area contributed by atoms with Gasteiger partial charge in [0.05, 0.1) is 24.4 Å². The number of aromatic nitrogens is 2. The van der Waals surface area contributed by atoms with Gasteiger partial charge in [-0.3, -0.25) is 9.69 Å². The molecule has 31 heavy (non-hydrogen) atoms. The zero-order valence-electron chi connectivity index (χ0n) is 18.2. The second-order valence-corrected chi connectivity index (χ2v) is 10.2. The minimum atomic E-state index is -0.0990. The van der Waals surface area contributed by atoms with Gasteiger partial charge in [0.1, 0.15) is 16.2 Å². The van der Waals surface area contributed by atoms with Crippen molar-refractivity contribution in [2.24, 2.45) is 0 Å². The molecule has 0 atom stereocenters. The van der Waals surface area contributed by atoms with Gasteiger partial charge in [0.25, 0.3) is 0 Å². The lowest BCUT2D eigenvalue weighted by Gasteiger charge is -2.40. The number of hydrogen-bond donors (Lipinski definition) is 1. The quantitative estimate of drug-likeness (QED) is 0.428. The molecule has 1 saturated heterocycles. The molecule has 3 aromatic rings. The van der Waals surface area contributed by atoms with Crippen LogP contribution in [0.3, 0.4) is 0 Å². The van der Waals surface area contributed by atoms with Crippen LogP contribution in [0.25, 0.3) is 21.3 Å². The maximum absolute atomic E-state index is 12.6. The van der Waals surface area contributed by atoms with E-state index in [1.165, 1.54) is 17.3 Å². The van der Waals surface area contributed by atoms with E-state index >= 15 is 0 Å². The molecule has 4 rings (SSSR count). The lowest BCUT2D eigenvalue weighted by molar-refractivity contribution is -0.119. The first-order valence-electron chi connectivity index (χ1n) is 10.5. The number of morpholine rings is 1. The predicted molar refractivity (Wildman–Crippen MR) is 128 cm³/mol. The summed E-state index contributed by atoms with van der Waals surface area (Å²) in [5.41, 5.74) is 3.39. The fraction of sp³-hybridized carbons (Fsp3) is 0.435. The van der Waals surface area contributed by atoms with Crippen LogP contribution >= 0.6 is 23.1 Å². The number of ether oxygens (including phenoxy) is 1. The Morgan fingerprint density at radius 3 is 2.71 bits per heavy atom. The van der Waals surface area contributed by atoms with Crippen LogP contribution in [-0.2, 0) is 9.53 Å². The summed E-state index contributed by atoms with van der Waals surface area (Å²) in [5.74, 6) is 0.347. The number of amides is 1. The number of rotatable bonds is 7. The summed E-state index contributed by atoms with van der Waals surface area (Å²) in [7, 11) is 0. The van der Waals surface area contributed by atoms with Gasteiger partial charge in [-0.25, -0.2) is 9.97 Å². The van der Waals surface area contributed by atoms with Crippen LogP contribution in [0.5, 0.6) is 0 Å². The molecule has 1 aromatic carbocycles. The molecule has 3 heterocycles. The molecule has 1 amide bonds. The molecule has 1 fully saturated rings. The monoisotopic (exact) mass is 456 g/mol. The molecule has 0 saturated carbocycles. The van der Waals surface area contributed by atoms with Gasteiger partial charge in [-0.05, 0) is 26.3 Å². The fourth-order valence-corrected chi connectivity index (χ4v) is 5.51. The molecular weight excluding hydrogens is 428 g/mol. The molecule has 2 aromatic heterocycles. The number of nitrogens with zero attached hydrogens (tertiary/aromatic N) is 3. The largest absolute Gasteiger partial charge is 0.379 e. The number of aryl methyl sites for hydroxylation is 1. The Balaban J connectivity index is 1.42. The smallest absolute Gasteiger partial charge is 0.230 e. The van der Waals surface area contributed by atoms with Crippen LogP contribution in [0.15, 0.2) is 41.0 Å². The van der Waals surface area contributed by atoms with Gasteiger partial charge in [0.2, 0.25) is 5.91 Å². The van der Waals surface area contributed by atoms with E-state index in [4.69, 9.17) is 4.74 Å². The van der Waals surface area contributed by atoms with Crippen molar-refractivity contribution < 1.29 is 9.53 Å². The van der Waals surface area contributed by atoms with Crippen molar-refractivity contribution in [2.75, 3.05) is 38.6 Å². The van der Waals surface area contributed by atoms with Crippen molar-refractivity contribution in [1.29, 1.82) is 0 Å². The Kier molecular flexibility index (Phi) is 6.91. The van der Waals surface area contributed by atoms with E-state index in [9.17, 15) is 4.79 Å². The van der Waals surface area contributed by atoms with Crippen molar-refractivity contribution >= 4 is 39.2 Å². The third kappa shape index (κ3) is 5.26. The Morgan fingerprint density at radius 2 is 1.97 bits per heavy atom. The van der Waals surface area contributed by atoms with Crippen LogP contribution in [0.2, 0.25) is 0 Å². The summed E-state index contributed by atoms with van der Waals surface area (Å²) in [6, 6.07) is 8.47. The second-order valence-electron chi connectivity index (χ2n) is 8.35. The van der Waals surface area contributed by atoms with Crippen LogP contribution in [-0.4, -0.2) is 64.9 Å². The Labute approximate surface area is 191 Å². The van der Waals surface area contributed by atoms with Crippen LogP contribution in [0.4, 0.5) is 0 Å². The first kappa shape index (κ1) is 22.2. The summed E-state index contributed by atoms with van der Waals surface area (Å²) < 4.78 is 5.44. The minimum Gasteiger partial charge on any atom is -0.379 e. The number of fused-ring (bicyclic) bond motifs is 1. The fourth-order valence-electron chi connectivity index (χ4n) is 3.68. The van der Waals surface area contributed by atoms with Crippen molar-refractivity contribution in [2.45, 2.75) is 31.3 Å². The van der Waals surface area contributed by atoms with E-state index in [1.807, 2.05) is 0 Å². The molecular formula is C23H28N4O2S2. The molecule has 6 nitrogen and oxygen atoms in total. The maximum Gasteiger partial charge on any atom is 0.230 e. The molecule has 8 heteroatoms. The first-order chi connectivity index (χ1) is 14.9. The Hall–Kier alpha value is -2.00. The summed E-state index contributed by atoms with van der Waals surface area (Å²) >= 11 is 3.08. The number of carbonyl (C=O) groups excluding carboxylic acids is 1. The van der Waals surface area contributed by atoms with Gasteiger partial charge in [-0.15, -0.1) is 11.3 Å². The standard InChI is InChI=1S/C23H28N4O2S2/c1-16-4-6-17(7-5-16)18-12-30-21-20(18)22(26-15-25-21)31-13-19(28)24-14-23(2,3)27-8-10-29-11-9-27/h4-7,12,15H,8-11,13-14H2,1-3H3,(H,24,28). The summed E-state index contributed by atoms with van der Waals surface area (Å²) in [6.45, 7) is 10.3. The summed E-state index contributed by atoms with van der Waals surface area (Å²) in [6.07, 6.45) is 1.58. The van der Waals surface area contributed by atoms with E-state index in [1.54, 1.807) is 17.7 Å². The lowest BCUT2D eigenvalue weighted by Crippen LogP contribution is -2.55. The molecule has 0 bridgehead atoms. The highest BCUT2D eigenvalue weighted by Gasteiger charge is 2.28. The molecule has 1 aliphatic rings. The summed E-state index contributed by atoms with van der Waals surface area (Å²) in [4.78, 5) is 24.8. The average molecular weight is 457 g/mol. The van der Waals surface area contributed by atoms with Gasteiger partial charge < -0.3 is 10.1 Å². The minimum absolute atomic E-state index is 0.0187. The van der Waals surface area contributed by atoms with Gasteiger partial charge >= 0.3 is 0 Å². The van der Waals surface area contributed by atoms with Crippen LogP contribution in [0.1, 0.15) is 19.4 Å². The van der Waals surface area contributed by atoms with E-state index in [-0.39, 0.29) is 11.4 Å². The number of benzene rings is 1. The van der Waals surface area contributed by atoms with Crippen molar-refractivity contribution in [3.05, 3.63) is 41.5 Å². The highest BCUT2D eigenvalue weighted by Crippen LogP contribution is 2.37. The van der Waals surface area contributed by atoms with Gasteiger partial charge in [0, 0.05) is 36.1 Å². The highest BCUT2D eigenvalue weighted by molar-refractivity contribution is 8.00. The van der Waals surface area contributed by atoms with Crippen LogP contribution < -0.4 is 5.32 Å². The molecule has 0 radical (unpaired) electrons. The van der Waals surface area contributed by atoms with E-state index in [0.717, 1.165) is 52.7 Å². The predicted octanol–water partition coefficient (Wildman–Crippen LogP) is 3.99. The maximum atomic E-state index is 12.6. The normalized spacial score (nSPS) is 15.3. The van der Waals surface area contributed by atoms with E-state index in [2.05, 4.69) is 70.6 Å². The van der Waals surface area contributed by atoms with Gasteiger partial charge in [0.15, 0.2) is 0 Å². The first-order valence-corrected chi connectivity index (χ1v) is 12.3. The molecule has 0 aliphatic carbocycles. The van der Waals surface area contributed by atoms with E-state index in [0.29, 0.717) is 12.3 Å². The van der Waals surface area contributed by atoms with Crippen molar-refractivity contribution in [3.63, 3.8) is 0 Å². The highest BCUT2D eigenvalue weighted by atomic mass is 32.2. The number of thioether (sulfide) groups is 1. The molecule has 1 aliphatic heterocycles. The van der Waals surface area contributed by atoms with Gasteiger partial charge in [-0.2, -0.15) is 0 Å². The molecule has 0 unspecified atom stereocenters. The Bertz CT molecular complexity index is 1040. The topological polar surface area (TPSA) is 67.4 Å². The zero-order chi connectivity index (χ0) is 21.8. The molecule has 1 N–H and O–H groups in total. The number of thiophene rings is 1. The molecule has 0 spiro atoms.